The molecule has 1 aliphatic carbocycles. The summed E-state index contributed by atoms with van der Waals surface area (Å²) in [5.41, 5.74) is 1.46. The van der Waals surface area contributed by atoms with Crippen molar-refractivity contribution in [1.82, 2.24) is 19.8 Å². The lowest BCUT2D eigenvalue weighted by Crippen LogP contribution is -2.35. The molecule has 0 saturated heterocycles. The first-order valence-corrected chi connectivity index (χ1v) is 10.3. The lowest BCUT2D eigenvalue weighted by molar-refractivity contribution is 0.0748. The van der Waals surface area contributed by atoms with E-state index in [1.54, 1.807) is 0 Å². The minimum atomic E-state index is -0.114. The van der Waals surface area contributed by atoms with Gasteiger partial charge in [0.05, 0.1) is 5.69 Å². The second-order valence-corrected chi connectivity index (χ2v) is 7.59. The number of rotatable bonds is 7. The van der Waals surface area contributed by atoms with Crippen LogP contribution in [-0.2, 0) is 13.0 Å². The minimum absolute atomic E-state index is 0.0146. The predicted molar refractivity (Wildman–Crippen MR) is 101 cm³/mol. The van der Waals surface area contributed by atoms with E-state index < -0.39 is 0 Å². The average molecular weight is 361 g/mol. The highest BCUT2D eigenvalue weighted by atomic mass is 16.2. The predicted octanol–water partition coefficient (Wildman–Crippen LogP) is 3.15. The molecule has 26 heavy (non-hydrogen) atoms. The van der Waals surface area contributed by atoms with Gasteiger partial charge >= 0.3 is 0 Å². The fraction of sp³-hybridized carbons (Fsp3) is 0.750. The van der Waals surface area contributed by atoms with Gasteiger partial charge in [-0.3, -0.25) is 9.59 Å². The largest absolute Gasteiger partial charge is 0.347 e. The van der Waals surface area contributed by atoms with Gasteiger partial charge in [-0.2, -0.15) is 0 Å². The molecule has 0 aromatic carbocycles. The molecule has 6 heteroatoms. The van der Waals surface area contributed by atoms with Crippen LogP contribution < -0.4 is 5.32 Å². The summed E-state index contributed by atoms with van der Waals surface area (Å²) < 4.78 is 2.00. The second-order valence-electron chi connectivity index (χ2n) is 7.59. The maximum atomic E-state index is 13.1. The molecule has 1 aliphatic heterocycles. The van der Waals surface area contributed by atoms with E-state index in [1.165, 1.54) is 12.8 Å². The van der Waals surface area contributed by atoms with Crippen molar-refractivity contribution in [3.63, 3.8) is 0 Å². The van der Waals surface area contributed by atoms with E-state index >= 15 is 0 Å². The molecule has 2 aliphatic rings. The third-order valence-corrected chi connectivity index (χ3v) is 5.49. The number of hydrogen-bond donors (Lipinski definition) is 1. The molecule has 1 N–H and O–H groups in total. The van der Waals surface area contributed by atoms with Crippen LogP contribution in [-0.4, -0.2) is 45.4 Å². The summed E-state index contributed by atoms with van der Waals surface area (Å²) in [6.07, 6.45) is 9.22. The standard InChI is InChI=1S/C20H32N4O2/c1-3-12-23(13-4-2)20(26)17-16-11-7-8-14-24(16)18(22-17)19(25)21-15-9-5-6-10-15/h15H,3-14H2,1-2H3,(H,21,25). The fourth-order valence-electron chi connectivity index (χ4n) is 4.21. The normalized spacial score (nSPS) is 17.2. The summed E-state index contributed by atoms with van der Waals surface area (Å²) in [5.74, 6) is 0.304. The highest BCUT2D eigenvalue weighted by Crippen LogP contribution is 2.24. The highest BCUT2D eigenvalue weighted by molar-refractivity contribution is 5.97. The van der Waals surface area contributed by atoms with Crippen LogP contribution in [0.5, 0.6) is 0 Å². The molecule has 1 saturated carbocycles. The van der Waals surface area contributed by atoms with Crippen molar-refractivity contribution >= 4 is 11.8 Å². The first-order chi connectivity index (χ1) is 12.7. The number of hydrogen-bond acceptors (Lipinski definition) is 3. The summed E-state index contributed by atoms with van der Waals surface area (Å²) >= 11 is 0. The molecular weight excluding hydrogens is 328 g/mol. The molecule has 2 amide bonds. The molecule has 1 aromatic heterocycles. The van der Waals surface area contributed by atoms with Gasteiger partial charge in [0.2, 0.25) is 0 Å². The van der Waals surface area contributed by atoms with Crippen LogP contribution in [0.1, 0.15) is 92.0 Å². The zero-order valence-electron chi connectivity index (χ0n) is 16.2. The maximum Gasteiger partial charge on any atom is 0.287 e. The Bertz CT molecular complexity index is 640. The van der Waals surface area contributed by atoms with Crippen LogP contribution in [0.4, 0.5) is 0 Å². The molecule has 2 heterocycles. The Labute approximate surface area is 156 Å². The van der Waals surface area contributed by atoms with Crippen molar-refractivity contribution in [3.05, 3.63) is 17.2 Å². The summed E-state index contributed by atoms with van der Waals surface area (Å²) in [6, 6.07) is 0.259. The summed E-state index contributed by atoms with van der Waals surface area (Å²) in [6.45, 7) is 6.42. The Kier molecular flexibility index (Phi) is 6.33. The molecule has 0 atom stereocenters. The van der Waals surface area contributed by atoms with Gasteiger partial charge in [0.15, 0.2) is 5.82 Å². The number of amides is 2. The third-order valence-electron chi connectivity index (χ3n) is 5.49. The van der Waals surface area contributed by atoms with Gasteiger partial charge in [-0.1, -0.05) is 26.7 Å². The summed E-state index contributed by atoms with van der Waals surface area (Å²) in [7, 11) is 0. The van der Waals surface area contributed by atoms with E-state index in [0.717, 1.165) is 70.3 Å². The zero-order valence-corrected chi connectivity index (χ0v) is 16.2. The lowest BCUT2D eigenvalue weighted by atomic mass is 10.1. The Morgan fingerprint density at radius 3 is 2.46 bits per heavy atom. The Morgan fingerprint density at radius 2 is 1.81 bits per heavy atom. The van der Waals surface area contributed by atoms with Gasteiger partial charge in [0.1, 0.15) is 5.69 Å². The van der Waals surface area contributed by atoms with Gasteiger partial charge in [-0.05, 0) is 44.9 Å². The SMILES string of the molecule is CCCN(CCC)C(=O)c1nc(C(=O)NC2CCCC2)n2c1CCCC2. The van der Waals surface area contributed by atoms with Crippen molar-refractivity contribution in [2.24, 2.45) is 0 Å². The molecule has 6 nitrogen and oxygen atoms in total. The Hall–Kier alpha value is -1.85. The van der Waals surface area contributed by atoms with E-state index in [0.29, 0.717) is 11.5 Å². The number of carbonyl (C=O) groups excluding carboxylic acids is 2. The van der Waals surface area contributed by atoms with Crippen molar-refractivity contribution in [2.45, 2.75) is 84.2 Å². The van der Waals surface area contributed by atoms with Crippen LogP contribution in [0, 0.1) is 0 Å². The van der Waals surface area contributed by atoms with Crippen molar-refractivity contribution < 1.29 is 9.59 Å². The Balaban J connectivity index is 1.87. The molecule has 0 bridgehead atoms. The van der Waals surface area contributed by atoms with E-state index in [9.17, 15) is 9.59 Å². The maximum absolute atomic E-state index is 13.1. The topological polar surface area (TPSA) is 67.2 Å². The van der Waals surface area contributed by atoms with E-state index in [2.05, 4.69) is 24.1 Å². The van der Waals surface area contributed by atoms with Gasteiger partial charge < -0.3 is 14.8 Å². The van der Waals surface area contributed by atoms with Crippen molar-refractivity contribution in [2.75, 3.05) is 13.1 Å². The molecular formula is C20H32N4O2. The number of fused-ring (bicyclic) bond motifs is 1. The molecule has 0 radical (unpaired) electrons. The lowest BCUT2D eigenvalue weighted by Gasteiger charge is -2.22. The Morgan fingerprint density at radius 1 is 1.12 bits per heavy atom. The molecule has 0 spiro atoms. The van der Waals surface area contributed by atoms with Crippen LogP contribution in [0.25, 0.3) is 0 Å². The van der Waals surface area contributed by atoms with E-state index in [1.807, 2.05) is 9.47 Å². The van der Waals surface area contributed by atoms with Crippen molar-refractivity contribution in [1.29, 1.82) is 0 Å². The van der Waals surface area contributed by atoms with Crippen LogP contribution in [0.2, 0.25) is 0 Å². The summed E-state index contributed by atoms with van der Waals surface area (Å²) in [4.78, 5) is 32.4. The molecule has 3 rings (SSSR count). The molecule has 0 unspecified atom stereocenters. The zero-order chi connectivity index (χ0) is 18.5. The number of imidazole rings is 1. The molecule has 1 aromatic rings. The quantitative estimate of drug-likeness (QED) is 0.812. The van der Waals surface area contributed by atoms with Gasteiger partial charge in [0.25, 0.3) is 11.8 Å². The monoisotopic (exact) mass is 360 g/mol. The van der Waals surface area contributed by atoms with Crippen LogP contribution >= 0.6 is 0 Å². The molecule has 1 fully saturated rings. The van der Waals surface area contributed by atoms with E-state index in [-0.39, 0.29) is 17.9 Å². The first-order valence-electron chi connectivity index (χ1n) is 10.3. The van der Waals surface area contributed by atoms with Crippen molar-refractivity contribution in [3.8, 4) is 0 Å². The van der Waals surface area contributed by atoms with Gasteiger partial charge in [-0.25, -0.2) is 4.98 Å². The average Bonchev–Trinajstić information content (AvgIpc) is 3.28. The molecule has 144 valence electrons. The van der Waals surface area contributed by atoms with Gasteiger partial charge in [0, 0.05) is 25.7 Å². The van der Waals surface area contributed by atoms with Crippen LogP contribution in [0.3, 0.4) is 0 Å². The minimum Gasteiger partial charge on any atom is -0.347 e. The number of nitrogens with one attached hydrogen (secondary N) is 1. The number of nitrogens with zero attached hydrogens (tertiary/aromatic N) is 3. The number of carbonyl (C=O) groups is 2. The first kappa shape index (κ1) is 18.9. The fourth-order valence-corrected chi connectivity index (χ4v) is 4.21. The van der Waals surface area contributed by atoms with Gasteiger partial charge in [-0.15, -0.1) is 0 Å². The summed E-state index contributed by atoms with van der Waals surface area (Å²) in [5, 5.41) is 3.13. The van der Waals surface area contributed by atoms with Crippen LogP contribution in [0.15, 0.2) is 0 Å². The van der Waals surface area contributed by atoms with E-state index in [4.69, 9.17) is 0 Å². The second kappa shape index (κ2) is 8.69. The smallest absolute Gasteiger partial charge is 0.287 e. The highest BCUT2D eigenvalue weighted by Gasteiger charge is 2.30. The third kappa shape index (κ3) is 3.94. The number of aromatic nitrogens is 2.